The van der Waals surface area contributed by atoms with E-state index in [0.29, 0.717) is 31.1 Å². The summed E-state index contributed by atoms with van der Waals surface area (Å²) in [4.78, 5) is 27.2. The molecule has 2 heterocycles. The van der Waals surface area contributed by atoms with Crippen LogP contribution in [0.5, 0.6) is 5.75 Å². The minimum atomic E-state index is -0.238. The monoisotopic (exact) mass is 461 g/mol. The van der Waals surface area contributed by atoms with Gasteiger partial charge < -0.3 is 20.3 Å². The van der Waals surface area contributed by atoms with Crippen LogP contribution in [-0.4, -0.2) is 53.4 Å². The van der Waals surface area contributed by atoms with Crippen LogP contribution in [0.25, 0.3) is 5.69 Å². The van der Waals surface area contributed by atoms with Crippen molar-refractivity contribution >= 4 is 17.6 Å². The van der Waals surface area contributed by atoms with Gasteiger partial charge >= 0.3 is 6.03 Å². The first-order chi connectivity index (χ1) is 16.4. The quantitative estimate of drug-likeness (QED) is 0.577. The Labute approximate surface area is 199 Å². The summed E-state index contributed by atoms with van der Waals surface area (Å²) < 4.78 is 7.13. The van der Waals surface area contributed by atoms with Crippen molar-refractivity contribution in [2.24, 2.45) is 5.92 Å². The third-order valence-corrected chi connectivity index (χ3v) is 6.06. The predicted octanol–water partition coefficient (Wildman–Crippen LogP) is 4.17. The molecule has 3 amide bonds. The number of benzene rings is 2. The molecule has 0 radical (unpaired) electrons. The minimum Gasteiger partial charge on any atom is -0.494 e. The lowest BCUT2D eigenvalue weighted by molar-refractivity contribution is 0.0668. The van der Waals surface area contributed by atoms with E-state index >= 15 is 0 Å². The molecule has 8 nitrogen and oxygen atoms in total. The normalized spacial score (nSPS) is 15.6. The number of carbonyl (C=O) groups excluding carboxylic acids is 2. The van der Waals surface area contributed by atoms with Gasteiger partial charge in [-0.15, -0.1) is 0 Å². The molecule has 178 valence electrons. The number of amides is 3. The van der Waals surface area contributed by atoms with Gasteiger partial charge in [-0.3, -0.25) is 4.79 Å². The van der Waals surface area contributed by atoms with Crippen molar-refractivity contribution in [2.75, 3.05) is 32.1 Å². The number of urea groups is 1. The van der Waals surface area contributed by atoms with E-state index in [1.165, 1.54) is 0 Å². The van der Waals surface area contributed by atoms with E-state index in [1.807, 2.05) is 61.2 Å². The van der Waals surface area contributed by atoms with Crippen molar-refractivity contribution < 1.29 is 14.3 Å². The summed E-state index contributed by atoms with van der Waals surface area (Å²) in [6.45, 7) is 5.79. The lowest BCUT2D eigenvalue weighted by Gasteiger charge is -2.32. The summed E-state index contributed by atoms with van der Waals surface area (Å²) in [5.74, 6) is 0.792. The third kappa shape index (κ3) is 5.57. The number of likely N-dealkylation sites (tertiary alicyclic amines) is 1. The number of piperidine rings is 1. The molecule has 1 unspecified atom stereocenters. The molecule has 0 saturated carbocycles. The van der Waals surface area contributed by atoms with Gasteiger partial charge in [0, 0.05) is 31.5 Å². The van der Waals surface area contributed by atoms with E-state index in [2.05, 4.69) is 15.7 Å². The van der Waals surface area contributed by atoms with Crippen LogP contribution in [0.2, 0.25) is 0 Å². The molecule has 3 aromatic rings. The topological polar surface area (TPSA) is 88.5 Å². The van der Waals surface area contributed by atoms with Crippen LogP contribution in [0.1, 0.15) is 34.5 Å². The zero-order valence-electron chi connectivity index (χ0n) is 19.9. The van der Waals surface area contributed by atoms with E-state index in [1.54, 1.807) is 24.1 Å². The molecule has 0 bridgehead atoms. The highest BCUT2D eigenvalue weighted by Crippen LogP contribution is 2.24. The van der Waals surface area contributed by atoms with Crippen molar-refractivity contribution in [3.05, 3.63) is 71.5 Å². The summed E-state index contributed by atoms with van der Waals surface area (Å²) in [5.41, 5.74) is 4.17. The number of hydrogen-bond donors (Lipinski definition) is 2. The van der Waals surface area contributed by atoms with Crippen LogP contribution < -0.4 is 15.4 Å². The second kappa shape index (κ2) is 10.4. The fourth-order valence-electron chi connectivity index (χ4n) is 4.18. The SMILES string of the molecule is COc1ccc(C)cc1-n1ccc(C(=O)N2CCCC(CNC(=O)Nc3ccc(C)cc3)C2)n1. The number of hydrogen-bond acceptors (Lipinski definition) is 4. The second-order valence-electron chi connectivity index (χ2n) is 8.78. The van der Waals surface area contributed by atoms with Gasteiger partial charge in [0.25, 0.3) is 5.91 Å². The number of nitrogens with one attached hydrogen (secondary N) is 2. The molecule has 8 heteroatoms. The Morgan fingerprint density at radius 3 is 2.62 bits per heavy atom. The van der Waals surface area contributed by atoms with Crippen molar-refractivity contribution in [1.82, 2.24) is 20.0 Å². The minimum absolute atomic E-state index is 0.0980. The molecule has 34 heavy (non-hydrogen) atoms. The fraction of sp³-hybridized carbons (Fsp3) is 0.346. The maximum absolute atomic E-state index is 13.1. The van der Waals surface area contributed by atoms with E-state index in [9.17, 15) is 9.59 Å². The number of aromatic nitrogens is 2. The van der Waals surface area contributed by atoms with Gasteiger partial charge in [0.2, 0.25) is 0 Å². The second-order valence-corrected chi connectivity index (χ2v) is 8.78. The average molecular weight is 462 g/mol. The van der Waals surface area contributed by atoms with Crippen LogP contribution in [-0.2, 0) is 0 Å². The van der Waals surface area contributed by atoms with E-state index < -0.39 is 0 Å². The Balaban J connectivity index is 1.34. The lowest BCUT2D eigenvalue weighted by Crippen LogP contribution is -2.44. The predicted molar refractivity (Wildman–Crippen MR) is 132 cm³/mol. The van der Waals surface area contributed by atoms with Crippen molar-refractivity contribution in [1.29, 1.82) is 0 Å². The molecule has 0 aliphatic carbocycles. The van der Waals surface area contributed by atoms with Gasteiger partial charge in [0.15, 0.2) is 5.69 Å². The summed E-state index contributed by atoms with van der Waals surface area (Å²) in [7, 11) is 1.62. The van der Waals surface area contributed by atoms with Crippen LogP contribution in [0.3, 0.4) is 0 Å². The Kier molecular flexibility index (Phi) is 7.15. The van der Waals surface area contributed by atoms with Crippen molar-refractivity contribution in [2.45, 2.75) is 26.7 Å². The molecular formula is C26H31N5O3. The maximum atomic E-state index is 13.1. The first-order valence-corrected chi connectivity index (χ1v) is 11.5. The van der Waals surface area contributed by atoms with Gasteiger partial charge in [0.1, 0.15) is 11.4 Å². The molecule has 1 aromatic heterocycles. The summed E-state index contributed by atoms with van der Waals surface area (Å²) >= 11 is 0. The van der Waals surface area contributed by atoms with Crippen LogP contribution in [0.4, 0.5) is 10.5 Å². The highest BCUT2D eigenvalue weighted by atomic mass is 16.5. The Morgan fingerprint density at radius 1 is 1.09 bits per heavy atom. The lowest BCUT2D eigenvalue weighted by atomic mass is 9.98. The van der Waals surface area contributed by atoms with Gasteiger partial charge in [-0.1, -0.05) is 23.8 Å². The number of carbonyl (C=O) groups is 2. The first-order valence-electron chi connectivity index (χ1n) is 11.5. The van der Waals surface area contributed by atoms with Gasteiger partial charge in [-0.25, -0.2) is 9.48 Å². The summed E-state index contributed by atoms with van der Waals surface area (Å²) in [6, 6.07) is 15.0. The number of aryl methyl sites for hydroxylation is 2. The molecular weight excluding hydrogens is 430 g/mol. The van der Waals surface area contributed by atoms with Crippen LogP contribution in [0, 0.1) is 19.8 Å². The summed E-state index contributed by atoms with van der Waals surface area (Å²) in [6.07, 6.45) is 3.64. The average Bonchev–Trinajstić information content (AvgIpc) is 3.34. The Bertz CT molecular complexity index is 1160. The molecule has 1 aliphatic rings. The standard InChI is InChI=1S/C26H31N5O3/c1-18-6-9-21(10-7-18)28-26(33)27-16-20-5-4-13-30(17-20)25(32)22-12-14-31(29-22)23-15-19(2)8-11-24(23)34-3/h6-12,14-15,20H,4-5,13,16-17H2,1-3H3,(H2,27,28,33). The van der Waals surface area contributed by atoms with E-state index in [-0.39, 0.29) is 17.9 Å². The van der Waals surface area contributed by atoms with Crippen LogP contribution in [0.15, 0.2) is 54.7 Å². The number of rotatable bonds is 6. The molecule has 1 fully saturated rings. The number of anilines is 1. The fourth-order valence-corrected chi connectivity index (χ4v) is 4.18. The molecule has 2 N–H and O–H groups in total. The van der Waals surface area contributed by atoms with Gasteiger partial charge in [0.05, 0.1) is 7.11 Å². The van der Waals surface area contributed by atoms with Gasteiger partial charge in [-0.05, 0) is 68.5 Å². The number of nitrogens with zero attached hydrogens (tertiary/aromatic N) is 3. The number of ether oxygens (including phenoxy) is 1. The summed E-state index contributed by atoms with van der Waals surface area (Å²) in [5, 5.41) is 10.3. The smallest absolute Gasteiger partial charge is 0.319 e. The molecule has 0 spiro atoms. The van der Waals surface area contributed by atoms with E-state index in [0.717, 1.165) is 35.3 Å². The highest BCUT2D eigenvalue weighted by molar-refractivity contribution is 5.92. The molecule has 1 aliphatic heterocycles. The zero-order chi connectivity index (χ0) is 24.1. The largest absolute Gasteiger partial charge is 0.494 e. The van der Waals surface area contributed by atoms with Crippen molar-refractivity contribution in [3.63, 3.8) is 0 Å². The van der Waals surface area contributed by atoms with E-state index in [4.69, 9.17) is 4.74 Å². The van der Waals surface area contributed by atoms with Gasteiger partial charge in [-0.2, -0.15) is 5.10 Å². The number of methoxy groups -OCH3 is 1. The third-order valence-electron chi connectivity index (χ3n) is 6.06. The Morgan fingerprint density at radius 2 is 1.85 bits per heavy atom. The highest BCUT2D eigenvalue weighted by Gasteiger charge is 2.26. The molecule has 1 atom stereocenters. The molecule has 4 rings (SSSR count). The zero-order valence-corrected chi connectivity index (χ0v) is 19.9. The Hall–Kier alpha value is -3.81. The first kappa shape index (κ1) is 23.4. The van der Waals surface area contributed by atoms with Crippen molar-refractivity contribution in [3.8, 4) is 11.4 Å². The van der Waals surface area contributed by atoms with Crippen LogP contribution >= 0.6 is 0 Å². The molecule has 2 aromatic carbocycles. The molecule has 1 saturated heterocycles. The maximum Gasteiger partial charge on any atom is 0.319 e.